The Morgan fingerprint density at radius 1 is 1.00 bits per heavy atom. The smallest absolute Gasteiger partial charge is 0.268 e. The summed E-state index contributed by atoms with van der Waals surface area (Å²) >= 11 is 0. The number of carbonyl (C=O) groups excluding carboxylic acids is 4. The molecule has 1 aliphatic heterocycles. The van der Waals surface area contributed by atoms with Crippen molar-refractivity contribution in [3.8, 4) is 0 Å². The van der Waals surface area contributed by atoms with Gasteiger partial charge in [-0.3, -0.25) is 24.1 Å². The summed E-state index contributed by atoms with van der Waals surface area (Å²) in [4.78, 5) is 55.2. The highest BCUT2D eigenvalue weighted by molar-refractivity contribution is 6.25. The van der Waals surface area contributed by atoms with E-state index in [1.807, 2.05) is 4.90 Å². The molecule has 0 bridgehead atoms. The van der Waals surface area contributed by atoms with Crippen molar-refractivity contribution >= 4 is 29.3 Å². The number of imide groups is 1. The minimum absolute atomic E-state index is 0.0542. The van der Waals surface area contributed by atoms with Crippen molar-refractivity contribution in [2.45, 2.75) is 112 Å². The zero-order valence-electron chi connectivity index (χ0n) is 27.8. The molecule has 0 radical (unpaired) electrons. The predicted octanol–water partition coefficient (Wildman–Crippen LogP) is 6.17. The Bertz CT molecular complexity index is 1180. The first kappa shape index (κ1) is 36.8. The van der Waals surface area contributed by atoms with E-state index in [-0.39, 0.29) is 23.1 Å². The second kappa shape index (κ2) is 18.4. The molecule has 1 aromatic carbocycles. The van der Waals surface area contributed by atoms with Crippen molar-refractivity contribution in [2.75, 3.05) is 19.8 Å². The molecule has 3 atom stereocenters. The van der Waals surface area contributed by atoms with E-state index in [0.717, 1.165) is 51.4 Å². The first-order valence-electron chi connectivity index (χ1n) is 16.3. The summed E-state index contributed by atoms with van der Waals surface area (Å²) in [6.07, 6.45) is 8.71. The molecule has 4 amide bonds. The van der Waals surface area contributed by atoms with E-state index < -0.39 is 30.5 Å². The number of aliphatic hydroxyl groups excluding tert-OH is 1. The number of aliphatic hydroxyl groups is 1. The van der Waals surface area contributed by atoms with Crippen LogP contribution in [0.15, 0.2) is 45.6 Å². The standard InChI is InChI=1S/C34H53N5O5/c1-8-12-15-25(10-3)20-38(21-26(11-4)16-13-9-2)32(42)27-17-14-18-28(19-27)36-37-30-24(7)29(31(41)35-23(5)6)33(43)39(22-40)34(30)44/h14,17-19,23,25-26,30,40H,8-13,15-16,20-22H2,1-7H3,(H,35,41). The third-order valence-electron chi connectivity index (χ3n) is 8.26. The van der Waals surface area contributed by atoms with Crippen LogP contribution >= 0.6 is 0 Å². The molecule has 0 aromatic heterocycles. The minimum atomic E-state index is -1.27. The second-order valence-electron chi connectivity index (χ2n) is 12.1. The Morgan fingerprint density at radius 2 is 1.59 bits per heavy atom. The predicted molar refractivity (Wildman–Crippen MR) is 172 cm³/mol. The average Bonchev–Trinajstić information content (AvgIpc) is 2.99. The maximum absolute atomic E-state index is 14.0. The summed E-state index contributed by atoms with van der Waals surface area (Å²) in [6, 6.07) is 5.34. The number of hydrogen-bond donors (Lipinski definition) is 2. The van der Waals surface area contributed by atoms with Gasteiger partial charge in [0.1, 0.15) is 12.3 Å². The van der Waals surface area contributed by atoms with E-state index in [1.54, 1.807) is 38.1 Å². The topological polar surface area (TPSA) is 132 Å². The summed E-state index contributed by atoms with van der Waals surface area (Å²) in [5, 5.41) is 20.9. The maximum atomic E-state index is 14.0. The lowest BCUT2D eigenvalue weighted by Crippen LogP contribution is -2.51. The Hall–Kier alpha value is -3.40. The van der Waals surface area contributed by atoms with Gasteiger partial charge in [0.25, 0.3) is 23.6 Å². The molecule has 44 heavy (non-hydrogen) atoms. The van der Waals surface area contributed by atoms with Crippen LogP contribution in [-0.4, -0.2) is 70.4 Å². The van der Waals surface area contributed by atoms with Crippen molar-refractivity contribution in [2.24, 2.45) is 22.1 Å². The fourth-order valence-electron chi connectivity index (χ4n) is 5.46. The number of hydrogen-bond acceptors (Lipinski definition) is 7. The summed E-state index contributed by atoms with van der Waals surface area (Å²) in [5.41, 5.74) is 0.773. The highest BCUT2D eigenvalue weighted by Crippen LogP contribution is 2.26. The van der Waals surface area contributed by atoms with Crippen LogP contribution in [0.25, 0.3) is 0 Å². The van der Waals surface area contributed by atoms with E-state index >= 15 is 0 Å². The van der Waals surface area contributed by atoms with Gasteiger partial charge < -0.3 is 15.3 Å². The molecule has 3 unspecified atom stereocenters. The molecule has 0 aliphatic carbocycles. The van der Waals surface area contributed by atoms with Crippen molar-refractivity contribution in [3.63, 3.8) is 0 Å². The molecule has 1 heterocycles. The summed E-state index contributed by atoms with van der Waals surface area (Å²) in [6.45, 7) is 14.3. The van der Waals surface area contributed by atoms with E-state index in [1.165, 1.54) is 6.92 Å². The molecular formula is C34H53N5O5. The van der Waals surface area contributed by atoms with Gasteiger partial charge in [0.2, 0.25) is 0 Å². The third-order valence-corrected chi connectivity index (χ3v) is 8.26. The number of carbonyl (C=O) groups is 4. The lowest BCUT2D eigenvalue weighted by molar-refractivity contribution is -0.149. The largest absolute Gasteiger partial charge is 0.376 e. The van der Waals surface area contributed by atoms with Crippen LogP contribution in [0.1, 0.15) is 110 Å². The van der Waals surface area contributed by atoms with Gasteiger partial charge in [-0.2, -0.15) is 10.2 Å². The second-order valence-corrected chi connectivity index (χ2v) is 12.1. The Morgan fingerprint density at radius 3 is 2.09 bits per heavy atom. The zero-order chi connectivity index (χ0) is 32.8. The van der Waals surface area contributed by atoms with Crippen LogP contribution in [0.3, 0.4) is 0 Å². The Kier molecular flexibility index (Phi) is 15.4. The van der Waals surface area contributed by atoms with Crippen molar-refractivity contribution < 1.29 is 24.3 Å². The van der Waals surface area contributed by atoms with Crippen LogP contribution < -0.4 is 5.32 Å². The number of nitrogens with one attached hydrogen (secondary N) is 1. The van der Waals surface area contributed by atoms with Crippen LogP contribution in [0.5, 0.6) is 0 Å². The molecular weight excluding hydrogens is 558 g/mol. The van der Waals surface area contributed by atoms with E-state index in [9.17, 15) is 24.3 Å². The summed E-state index contributed by atoms with van der Waals surface area (Å²) in [5.74, 6) is -1.49. The first-order valence-corrected chi connectivity index (χ1v) is 16.3. The quantitative estimate of drug-likeness (QED) is 0.116. The molecule has 10 heteroatoms. The van der Waals surface area contributed by atoms with Gasteiger partial charge in [0.05, 0.1) is 5.69 Å². The molecule has 1 aromatic rings. The SMILES string of the molecule is CCCCC(CC)CN(CC(CC)CCCC)C(=O)c1cccc(N=NC2C(=O)N(CO)C(=O)C(C(=O)NC(C)C)=C2C)c1. The lowest BCUT2D eigenvalue weighted by Gasteiger charge is -2.31. The minimum Gasteiger partial charge on any atom is -0.376 e. The monoisotopic (exact) mass is 611 g/mol. The van der Waals surface area contributed by atoms with E-state index in [2.05, 4.69) is 43.2 Å². The molecule has 244 valence electrons. The van der Waals surface area contributed by atoms with Crippen molar-refractivity contribution in [1.29, 1.82) is 0 Å². The lowest BCUT2D eigenvalue weighted by atomic mass is 9.95. The number of benzene rings is 1. The van der Waals surface area contributed by atoms with Gasteiger partial charge in [-0.1, -0.05) is 72.3 Å². The Labute approximate surface area is 263 Å². The average molecular weight is 612 g/mol. The van der Waals surface area contributed by atoms with Gasteiger partial charge in [-0.05, 0) is 69.2 Å². The summed E-state index contributed by atoms with van der Waals surface area (Å²) < 4.78 is 0. The van der Waals surface area contributed by atoms with Crippen LogP contribution in [-0.2, 0) is 14.4 Å². The highest BCUT2D eigenvalue weighted by atomic mass is 16.3. The third kappa shape index (κ3) is 10.1. The molecule has 0 saturated heterocycles. The van der Waals surface area contributed by atoms with Gasteiger partial charge in [-0.15, -0.1) is 0 Å². The molecule has 0 spiro atoms. The molecule has 0 saturated carbocycles. The van der Waals surface area contributed by atoms with Crippen molar-refractivity contribution in [1.82, 2.24) is 15.1 Å². The van der Waals surface area contributed by atoms with Crippen LogP contribution in [0.4, 0.5) is 5.69 Å². The van der Waals surface area contributed by atoms with Gasteiger partial charge in [-0.25, -0.2) is 0 Å². The van der Waals surface area contributed by atoms with Crippen molar-refractivity contribution in [3.05, 3.63) is 41.0 Å². The maximum Gasteiger partial charge on any atom is 0.268 e. The number of rotatable bonds is 18. The van der Waals surface area contributed by atoms with E-state index in [0.29, 0.717) is 41.1 Å². The van der Waals surface area contributed by atoms with Gasteiger partial charge in [0, 0.05) is 24.7 Å². The van der Waals surface area contributed by atoms with Crippen LogP contribution in [0, 0.1) is 11.8 Å². The van der Waals surface area contributed by atoms with Crippen LogP contribution in [0.2, 0.25) is 0 Å². The molecule has 2 rings (SSSR count). The zero-order valence-corrected chi connectivity index (χ0v) is 27.8. The Balaban J connectivity index is 2.41. The fourth-order valence-corrected chi connectivity index (χ4v) is 5.46. The summed E-state index contributed by atoms with van der Waals surface area (Å²) in [7, 11) is 0. The number of unbranched alkanes of at least 4 members (excludes halogenated alkanes) is 2. The molecule has 2 N–H and O–H groups in total. The van der Waals surface area contributed by atoms with Gasteiger partial charge in [0.15, 0.2) is 6.04 Å². The molecule has 10 nitrogen and oxygen atoms in total. The number of azo groups is 1. The fraction of sp³-hybridized carbons (Fsp3) is 0.647. The number of amides is 4. The first-order chi connectivity index (χ1) is 21.0. The molecule has 1 aliphatic rings. The van der Waals surface area contributed by atoms with Gasteiger partial charge >= 0.3 is 0 Å². The molecule has 0 fully saturated rings. The highest BCUT2D eigenvalue weighted by Gasteiger charge is 2.41. The number of nitrogens with zero attached hydrogens (tertiary/aromatic N) is 4. The van der Waals surface area contributed by atoms with E-state index in [4.69, 9.17) is 0 Å². The normalized spacial score (nSPS) is 17.0.